The Morgan fingerprint density at radius 1 is 0.300 bits per heavy atom. The van der Waals surface area contributed by atoms with Crippen molar-refractivity contribution in [3.63, 3.8) is 0 Å². The Labute approximate surface area is 290 Å². The zero-order valence-electron chi connectivity index (χ0n) is 27.3. The highest BCUT2D eigenvalue weighted by molar-refractivity contribution is 6.02. The van der Waals surface area contributed by atoms with E-state index in [-0.39, 0.29) is 0 Å². The molecule has 0 aliphatic heterocycles. The number of hydrogen-bond donors (Lipinski definition) is 0. The summed E-state index contributed by atoms with van der Waals surface area (Å²) in [4.78, 5) is 9.75. The summed E-state index contributed by atoms with van der Waals surface area (Å²) in [6, 6.07) is 50.6. The summed E-state index contributed by atoms with van der Waals surface area (Å²) in [6.45, 7) is 0. The number of aromatic nitrogens is 4. The summed E-state index contributed by atoms with van der Waals surface area (Å²) < 4.78 is 4.39. The fourth-order valence-electron chi connectivity index (χ4n) is 6.69. The lowest BCUT2D eigenvalue weighted by atomic mass is 10.1. The van der Waals surface area contributed by atoms with E-state index < -0.39 is 0 Å². The second kappa shape index (κ2) is 12.7. The van der Waals surface area contributed by atoms with Crippen LogP contribution in [0.25, 0.3) is 79.3 Å². The normalized spacial score (nSPS) is 11.8. The Hall–Kier alpha value is -6.78. The standard InChI is InChI=1S/C46H32N4/c1-5-13-41-37(9-1)45(38-10-2-6-14-42(38)47-41)49-29-25-35(26-30-49)23-21-33-17-19-34(20-18-33)22-24-36-27-31-50(32-28-36)46-39-11-3-7-15-43(39)48-44-16-8-4-12-40(44)46/h1-32H/q+2/b23-21+,24-22+. The smallest absolute Gasteiger partial charge is 0.229 e. The summed E-state index contributed by atoms with van der Waals surface area (Å²) in [6.07, 6.45) is 17.2. The van der Waals surface area contributed by atoms with Crippen LogP contribution < -0.4 is 9.13 Å². The van der Waals surface area contributed by atoms with E-state index in [0.717, 1.165) is 77.2 Å². The van der Waals surface area contributed by atoms with Crippen molar-refractivity contribution in [1.82, 2.24) is 9.97 Å². The van der Waals surface area contributed by atoms with E-state index in [1.807, 2.05) is 24.3 Å². The minimum Gasteiger partial charge on any atom is -0.247 e. The largest absolute Gasteiger partial charge is 0.247 e. The molecule has 4 aromatic heterocycles. The van der Waals surface area contributed by atoms with E-state index in [2.05, 4.69) is 180 Å². The first kappa shape index (κ1) is 29.4. The van der Waals surface area contributed by atoms with E-state index in [1.54, 1.807) is 0 Å². The number of fused-ring (bicyclic) bond motifs is 4. The predicted molar refractivity (Wildman–Crippen MR) is 206 cm³/mol. The van der Waals surface area contributed by atoms with Gasteiger partial charge in [0.05, 0.1) is 43.6 Å². The lowest BCUT2D eigenvalue weighted by molar-refractivity contribution is -0.592. The van der Waals surface area contributed by atoms with E-state index >= 15 is 0 Å². The molecule has 234 valence electrons. The molecule has 50 heavy (non-hydrogen) atoms. The quantitative estimate of drug-likeness (QED) is 0.134. The number of hydrogen-bond acceptors (Lipinski definition) is 2. The average Bonchev–Trinajstić information content (AvgIpc) is 3.18. The Balaban J connectivity index is 0.912. The summed E-state index contributed by atoms with van der Waals surface area (Å²) in [7, 11) is 0. The zero-order chi connectivity index (χ0) is 33.3. The van der Waals surface area contributed by atoms with Crippen LogP contribution in [0.15, 0.2) is 170 Å². The van der Waals surface area contributed by atoms with E-state index in [4.69, 9.17) is 9.97 Å². The van der Waals surface area contributed by atoms with Gasteiger partial charge < -0.3 is 0 Å². The Bertz CT molecular complexity index is 2430. The van der Waals surface area contributed by atoms with Crippen molar-refractivity contribution in [3.05, 3.63) is 193 Å². The van der Waals surface area contributed by atoms with Crippen LogP contribution in [0, 0.1) is 0 Å². The van der Waals surface area contributed by atoms with Crippen LogP contribution in [0.3, 0.4) is 0 Å². The monoisotopic (exact) mass is 640 g/mol. The van der Waals surface area contributed by atoms with Gasteiger partial charge >= 0.3 is 0 Å². The fraction of sp³-hybridized carbons (Fsp3) is 0. The van der Waals surface area contributed by atoms with Gasteiger partial charge in [0.25, 0.3) is 0 Å². The first-order valence-electron chi connectivity index (χ1n) is 16.8. The first-order chi connectivity index (χ1) is 24.8. The zero-order valence-corrected chi connectivity index (χ0v) is 27.3. The van der Waals surface area contributed by atoms with Gasteiger partial charge in [-0.15, -0.1) is 0 Å². The average molecular weight is 641 g/mol. The lowest BCUT2D eigenvalue weighted by Gasteiger charge is -2.06. The molecule has 4 heterocycles. The Kier molecular flexibility index (Phi) is 7.45. The number of benzene rings is 5. The molecular formula is C46H32N4+2. The van der Waals surface area contributed by atoms with Gasteiger partial charge in [0.2, 0.25) is 11.4 Å². The van der Waals surface area contributed by atoms with Crippen molar-refractivity contribution in [2.75, 3.05) is 0 Å². The van der Waals surface area contributed by atoms with Gasteiger partial charge in [-0.3, -0.25) is 0 Å². The van der Waals surface area contributed by atoms with Crippen LogP contribution in [0.5, 0.6) is 0 Å². The molecule has 0 radical (unpaired) electrons. The van der Waals surface area contributed by atoms with Crippen molar-refractivity contribution in [2.45, 2.75) is 0 Å². The van der Waals surface area contributed by atoms with Crippen molar-refractivity contribution >= 4 is 67.9 Å². The van der Waals surface area contributed by atoms with Crippen molar-refractivity contribution < 1.29 is 9.13 Å². The molecule has 0 fully saturated rings. The molecular weight excluding hydrogens is 609 g/mol. The maximum atomic E-state index is 4.88. The molecule has 0 spiro atoms. The summed E-state index contributed by atoms with van der Waals surface area (Å²) >= 11 is 0. The number of pyridine rings is 4. The van der Waals surface area contributed by atoms with Gasteiger partial charge in [0.1, 0.15) is 0 Å². The summed E-state index contributed by atoms with van der Waals surface area (Å²) in [5, 5.41) is 4.54. The molecule has 0 saturated heterocycles. The number of para-hydroxylation sites is 4. The highest BCUT2D eigenvalue weighted by Gasteiger charge is 2.18. The van der Waals surface area contributed by atoms with Crippen LogP contribution in [-0.2, 0) is 0 Å². The van der Waals surface area contributed by atoms with Crippen LogP contribution in [-0.4, -0.2) is 9.97 Å². The maximum absolute atomic E-state index is 4.88. The SMILES string of the molecule is C(=C\c1cc[n+](-c2c3ccccc3nc3ccccc23)cc1)/c1ccc(/C=C/c2cc[n+](-c3c4ccccc4nc4ccccc34)cc2)cc1. The summed E-state index contributed by atoms with van der Waals surface area (Å²) in [5.74, 6) is 0. The highest BCUT2D eigenvalue weighted by atomic mass is 15.0. The molecule has 0 N–H and O–H groups in total. The molecule has 4 nitrogen and oxygen atoms in total. The second-order valence-corrected chi connectivity index (χ2v) is 12.4. The third-order valence-corrected chi connectivity index (χ3v) is 9.22. The molecule has 0 saturated carbocycles. The fourth-order valence-corrected chi connectivity index (χ4v) is 6.69. The van der Waals surface area contributed by atoms with Crippen molar-refractivity contribution in [1.29, 1.82) is 0 Å². The van der Waals surface area contributed by atoms with Gasteiger partial charge in [-0.2, -0.15) is 9.13 Å². The lowest BCUT2D eigenvalue weighted by Crippen LogP contribution is -2.30. The molecule has 9 rings (SSSR count). The highest BCUT2D eigenvalue weighted by Crippen LogP contribution is 2.27. The van der Waals surface area contributed by atoms with Gasteiger partial charge in [0.15, 0.2) is 24.8 Å². The van der Waals surface area contributed by atoms with Gasteiger partial charge in [0, 0.05) is 24.3 Å². The minimum atomic E-state index is 0.997. The molecule has 0 bridgehead atoms. The van der Waals surface area contributed by atoms with Crippen LogP contribution in [0.1, 0.15) is 22.3 Å². The molecule has 5 aromatic carbocycles. The van der Waals surface area contributed by atoms with Crippen LogP contribution in [0.2, 0.25) is 0 Å². The Morgan fingerprint density at radius 3 is 0.860 bits per heavy atom. The van der Waals surface area contributed by atoms with Crippen LogP contribution >= 0.6 is 0 Å². The maximum Gasteiger partial charge on any atom is 0.229 e. The van der Waals surface area contributed by atoms with Gasteiger partial charge in [-0.25, -0.2) is 9.97 Å². The third kappa shape index (κ3) is 5.59. The van der Waals surface area contributed by atoms with Crippen LogP contribution in [0.4, 0.5) is 0 Å². The molecule has 0 unspecified atom stereocenters. The van der Waals surface area contributed by atoms with E-state index in [0.29, 0.717) is 0 Å². The summed E-state index contributed by atoms with van der Waals surface area (Å²) in [5.41, 5.74) is 10.9. The van der Waals surface area contributed by atoms with Crippen molar-refractivity contribution in [2.24, 2.45) is 0 Å². The molecule has 0 amide bonds. The topological polar surface area (TPSA) is 33.5 Å². The van der Waals surface area contributed by atoms with E-state index in [1.165, 1.54) is 0 Å². The molecule has 4 heteroatoms. The first-order valence-corrected chi connectivity index (χ1v) is 16.8. The molecule has 0 atom stereocenters. The molecule has 9 aromatic rings. The van der Waals surface area contributed by atoms with Gasteiger partial charge in [-0.05, 0) is 70.8 Å². The molecule has 0 aliphatic rings. The second-order valence-electron chi connectivity index (χ2n) is 12.4. The predicted octanol–water partition coefficient (Wildman–Crippen LogP) is 9.98. The Morgan fingerprint density at radius 2 is 0.560 bits per heavy atom. The minimum absolute atomic E-state index is 0.997. The van der Waals surface area contributed by atoms with Crippen molar-refractivity contribution in [3.8, 4) is 11.4 Å². The van der Waals surface area contributed by atoms with Gasteiger partial charge in [-0.1, -0.05) is 97.1 Å². The number of rotatable bonds is 6. The third-order valence-electron chi connectivity index (χ3n) is 9.22. The molecule has 0 aliphatic carbocycles. The number of nitrogens with zero attached hydrogens (tertiary/aromatic N) is 4. The van der Waals surface area contributed by atoms with E-state index in [9.17, 15) is 0 Å².